The van der Waals surface area contributed by atoms with Crippen molar-refractivity contribution in [3.8, 4) is 0 Å². The van der Waals surface area contributed by atoms with Crippen molar-refractivity contribution in [1.82, 2.24) is 0 Å². The number of hydrogen-bond donors (Lipinski definition) is 2. The average Bonchev–Trinajstić information content (AvgIpc) is 2.28. The number of anilines is 3. The molecule has 0 aliphatic rings. The molecule has 0 atom stereocenters. The number of nitrogen functional groups attached to an aromatic ring is 1. The predicted octanol–water partition coefficient (Wildman–Crippen LogP) is 4.25. The first kappa shape index (κ1) is 12.6. The van der Waals surface area contributed by atoms with Gasteiger partial charge in [-0.1, -0.05) is 17.7 Å². The molecule has 0 spiro atoms. The summed E-state index contributed by atoms with van der Waals surface area (Å²) in [5.74, 6) is -1.49. The first-order chi connectivity index (χ1) is 8.47. The molecule has 0 saturated carbocycles. The fourth-order valence-electron chi connectivity index (χ4n) is 1.57. The van der Waals surface area contributed by atoms with Gasteiger partial charge in [-0.15, -0.1) is 0 Å². The van der Waals surface area contributed by atoms with Gasteiger partial charge >= 0.3 is 0 Å². The smallest absolute Gasteiger partial charge is 0.151 e. The third kappa shape index (κ3) is 2.54. The number of benzene rings is 2. The molecule has 0 bridgehead atoms. The van der Waals surface area contributed by atoms with Gasteiger partial charge in [-0.3, -0.25) is 0 Å². The van der Waals surface area contributed by atoms with Crippen LogP contribution in [-0.4, -0.2) is 0 Å². The Balaban J connectivity index is 2.43. The molecule has 3 N–H and O–H groups in total. The van der Waals surface area contributed by atoms with E-state index >= 15 is 0 Å². The normalized spacial score (nSPS) is 10.4. The Labute approximate surface area is 108 Å². The van der Waals surface area contributed by atoms with Crippen LogP contribution in [0.1, 0.15) is 5.56 Å². The molecule has 2 aromatic rings. The molecule has 0 aliphatic heterocycles. The van der Waals surface area contributed by atoms with Crippen molar-refractivity contribution < 1.29 is 8.78 Å². The number of nitrogens with two attached hydrogens (primary N) is 1. The van der Waals surface area contributed by atoms with Crippen LogP contribution in [0.25, 0.3) is 0 Å². The zero-order valence-corrected chi connectivity index (χ0v) is 10.4. The van der Waals surface area contributed by atoms with Crippen molar-refractivity contribution in [2.45, 2.75) is 6.92 Å². The number of aryl methyl sites for hydroxylation is 1. The molecule has 94 valence electrons. The lowest BCUT2D eigenvalue weighted by Crippen LogP contribution is -2.00. The number of rotatable bonds is 2. The Hall–Kier alpha value is -1.81. The predicted molar refractivity (Wildman–Crippen MR) is 70.2 cm³/mol. The summed E-state index contributed by atoms with van der Waals surface area (Å²) in [6.07, 6.45) is 0. The molecule has 0 heterocycles. The highest BCUT2D eigenvalue weighted by Gasteiger charge is 2.11. The Morgan fingerprint density at radius 2 is 1.89 bits per heavy atom. The highest BCUT2D eigenvalue weighted by Crippen LogP contribution is 2.31. The summed E-state index contributed by atoms with van der Waals surface area (Å²) >= 11 is 5.79. The molecule has 0 radical (unpaired) electrons. The summed E-state index contributed by atoms with van der Waals surface area (Å²) < 4.78 is 26.5. The SMILES string of the molecule is Cc1ccc(N)c(Nc2c(F)cc(F)cc2Cl)c1. The van der Waals surface area contributed by atoms with Gasteiger partial charge in [-0.05, 0) is 30.7 Å². The number of hydrogen-bond acceptors (Lipinski definition) is 2. The Bertz CT molecular complexity index is 577. The maximum Gasteiger partial charge on any atom is 0.151 e. The zero-order valence-electron chi connectivity index (χ0n) is 9.60. The van der Waals surface area contributed by atoms with E-state index in [-0.39, 0.29) is 10.7 Å². The van der Waals surface area contributed by atoms with E-state index in [4.69, 9.17) is 17.3 Å². The monoisotopic (exact) mass is 268 g/mol. The molecule has 2 aromatic carbocycles. The van der Waals surface area contributed by atoms with Crippen LogP contribution in [0.2, 0.25) is 5.02 Å². The lowest BCUT2D eigenvalue weighted by atomic mass is 10.2. The van der Waals surface area contributed by atoms with Gasteiger partial charge in [0.05, 0.1) is 22.1 Å². The molecule has 18 heavy (non-hydrogen) atoms. The van der Waals surface area contributed by atoms with Gasteiger partial charge in [-0.2, -0.15) is 0 Å². The topological polar surface area (TPSA) is 38.0 Å². The standard InChI is InChI=1S/C13H11ClF2N2/c1-7-2-3-11(17)12(4-7)18-13-9(14)5-8(15)6-10(13)16/h2-6,18H,17H2,1H3. The van der Waals surface area contributed by atoms with E-state index in [1.807, 2.05) is 13.0 Å². The van der Waals surface area contributed by atoms with Gasteiger partial charge in [0.15, 0.2) is 5.82 Å². The molecule has 0 aliphatic carbocycles. The minimum atomic E-state index is -0.763. The van der Waals surface area contributed by atoms with Gasteiger partial charge in [-0.25, -0.2) is 8.78 Å². The molecular formula is C13H11ClF2N2. The summed E-state index contributed by atoms with van der Waals surface area (Å²) in [5, 5.41) is 2.74. The summed E-state index contributed by atoms with van der Waals surface area (Å²) in [5.41, 5.74) is 7.73. The minimum absolute atomic E-state index is 0.00960. The zero-order chi connectivity index (χ0) is 13.3. The summed E-state index contributed by atoms with van der Waals surface area (Å²) in [6, 6.07) is 7.10. The van der Waals surface area contributed by atoms with Crippen LogP contribution in [0.3, 0.4) is 0 Å². The lowest BCUT2D eigenvalue weighted by Gasteiger charge is -2.12. The molecule has 0 aromatic heterocycles. The molecule has 0 amide bonds. The molecule has 0 fully saturated rings. The largest absolute Gasteiger partial charge is 0.397 e. The summed E-state index contributed by atoms with van der Waals surface area (Å²) in [4.78, 5) is 0. The van der Waals surface area contributed by atoms with Crippen LogP contribution in [0.5, 0.6) is 0 Å². The van der Waals surface area contributed by atoms with Crippen LogP contribution < -0.4 is 11.1 Å². The van der Waals surface area contributed by atoms with Gasteiger partial charge in [0.25, 0.3) is 0 Å². The van der Waals surface area contributed by atoms with Gasteiger partial charge in [0.2, 0.25) is 0 Å². The Kier molecular flexibility index (Phi) is 3.39. The van der Waals surface area contributed by atoms with Crippen molar-refractivity contribution in [2.24, 2.45) is 0 Å². The van der Waals surface area contributed by atoms with E-state index in [1.54, 1.807) is 12.1 Å². The van der Waals surface area contributed by atoms with E-state index in [2.05, 4.69) is 5.32 Å². The molecule has 0 saturated heterocycles. The third-order valence-electron chi connectivity index (χ3n) is 2.48. The van der Waals surface area contributed by atoms with Crippen LogP contribution >= 0.6 is 11.6 Å². The highest BCUT2D eigenvalue weighted by atomic mass is 35.5. The van der Waals surface area contributed by atoms with E-state index in [0.29, 0.717) is 11.4 Å². The fourth-order valence-corrected chi connectivity index (χ4v) is 1.82. The van der Waals surface area contributed by atoms with Gasteiger partial charge in [0.1, 0.15) is 5.82 Å². The highest BCUT2D eigenvalue weighted by molar-refractivity contribution is 6.33. The fraction of sp³-hybridized carbons (Fsp3) is 0.0769. The number of nitrogens with one attached hydrogen (secondary N) is 1. The second kappa shape index (κ2) is 4.82. The number of halogens is 3. The molecular weight excluding hydrogens is 258 g/mol. The average molecular weight is 269 g/mol. The van der Waals surface area contributed by atoms with E-state index in [1.165, 1.54) is 0 Å². The molecule has 0 unspecified atom stereocenters. The maximum atomic E-state index is 13.6. The van der Waals surface area contributed by atoms with E-state index in [0.717, 1.165) is 17.7 Å². The Morgan fingerprint density at radius 1 is 1.17 bits per heavy atom. The first-order valence-corrected chi connectivity index (χ1v) is 5.63. The van der Waals surface area contributed by atoms with Crippen molar-refractivity contribution in [2.75, 3.05) is 11.1 Å². The summed E-state index contributed by atoms with van der Waals surface area (Å²) in [7, 11) is 0. The third-order valence-corrected chi connectivity index (χ3v) is 2.77. The quantitative estimate of drug-likeness (QED) is 0.799. The van der Waals surface area contributed by atoms with Crippen LogP contribution in [0.15, 0.2) is 30.3 Å². The minimum Gasteiger partial charge on any atom is -0.397 e. The Morgan fingerprint density at radius 3 is 2.56 bits per heavy atom. The van der Waals surface area contributed by atoms with E-state index < -0.39 is 11.6 Å². The first-order valence-electron chi connectivity index (χ1n) is 5.25. The van der Waals surface area contributed by atoms with Crippen molar-refractivity contribution in [3.63, 3.8) is 0 Å². The van der Waals surface area contributed by atoms with Crippen molar-refractivity contribution >= 4 is 28.7 Å². The van der Waals surface area contributed by atoms with E-state index in [9.17, 15) is 8.78 Å². The lowest BCUT2D eigenvalue weighted by molar-refractivity contribution is 0.586. The maximum absolute atomic E-state index is 13.6. The molecule has 2 rings (SSSR count). The van der Waals surface area contributed by atoms with Crippen molar-refractivity contribution in [3.05, 3.63) is 52.6 Å². The van der Waals surface area contributed by atoms with Gasteiger partial charge in [0, 0.05) is 6.07 Å². The van der Waals surface area contributed by atoms with Crippen LogP contribution in [0, 0.1) is 18.6 Å². The van der Waals surface area contributed by atoms with Crippen LogP contribution in [-0.2, 0) is 0 Å². The molecule has 5 heteroatoms. The molecule has 2 nitrogen and oxygen atoms in total. The summed E-state index contributed by atoms with van der Waals surface area (Å²) in [6.45, 7) is 1.88. The van der Waals surface area contributed by atoms with Gasteiger partial charge < -0.3 is 11.1 Å². The van der Waals surface area contributed by atoms with Crippen molar-refractivity contribution in [1.29, 1.82) is 0 Å². The second-order valence-corrected chi connectivity index (χ2v) is 4.37. The van der Waals surface area contributed by atoms with Crippen LogP contribution in [0.4, 0.5) is 25.8 Å². The second-order valence-electron chi connectivity index (χ2n) is 3.96.